The maximum Gasteiger partial charge on any atom is 0.251 e. The van der Waals surface area contributed by atoms with E-state index in [0.29, 0.717) is 0 Å². The fraction of sp³-hybridized carbons (Fsp3) is 0.435. The number of carbonyl (C=O) groups is 1. The molecule has 6 nitrogen and oxygen atoms in total. The maximum absolute atomic E-state index is 14.4. The number of carbonyl (C=O) groups excluding carboxylic acids is 1. The van der Waals surface area contributed by atoms with Gasteiger partial charge in [0.15, 0.2) is 0 Å². The minimum absolute atomic E-state index is 0.109. The van der Waals surface area contributed by atoms with Crippen LogP contribution in [0.1, 0.15) is 52.9 Å². The van der Waals surface area contributed by atoms with Crippen LogP contribution in [-0.4, -0.2) is 44.9 Å². The molecule has 2 aliphatic rings. The minimum Gasteiger partial charge on any atom is -0.379 e. The molecule has 31 heavy (non-hydrogen) atoms. The second kappa shape index (κ2) is 9.06. The number of sulfonamides is 1. The Kier molecular flexibility index (Phi) is 6.41. The number of hydrogen-bond acceptors (Lipinski definition) is 4. The first-order valence-electron chi connectivity index (χ1n) is 10.7. The number of benzene rings is 2. The minimum atomic E-state index is -4.04. The van der Waals surface area contributed by atoms with Gasteiger partial charge in [-0.2, -0.15) is 4.31 Å². The molecule has 0 aromatic heterocycles. The lowest BCUT2D eigenvalue weighted by atomic mass is 9.89. The zero-order chi connectivity index (χ0) is 22.0. The molecule has 166 valence electrons. The van der Waals surface area contributed by atoms with Crippen molar-refractivity contribution in [2.24, 2.45) is 0 Å². The normalized spacial score (nSPS) is 18.3. The molecule has 1 aliphatic heterocycles. The number of morpholine rings is 1. The van der Waals surface area contributed by atoms with Gasteiger partial charge in [-0.1, -0.05) is 18.2 Å². The Bertz CT molecular complexity index is 1080. The lowest BCUT2D eigenvalue weighted by Gasteiger charge is -2.26. The van der Waals surface area contributed by atoms with Gasteiger partial charge in [-0.25, -0.2) is 12.8 Å². The van der Waals surface area contributed by atoms with Gasteiger partial charge < -0.3 is 10.1 Å². The van der Waals surface area contributed by atoms with Crippen LogP contribution in [0.2, 0.25) is 0 Å². The number of nitrogens with zero attached hydrogens (tertiary/aromatic N) is 1. The Labute approximate surface area is 182 Å². The topological polar surface area (TPSA) is 75.7 Å². The van der Waals surface area contributed by atoms with Crippen molar-refractivity contribution < 1.29 is 22.3 Å². The maximum atomic E-state index is 14.4. The van der Waals surface area contributed by atoms with E-state index in [1.54, 1.807) is 0 Å². The monoisotopic (exact) mass is 446 g/mol. The zero-order valence-corrected chi connectivity index (χ0v) is 18.4. The van der Waals surface area contributed by atoms with E-state index in [1.165, 1.54) is 34.3 Å². The summed E-state index contributed by atoms with van der Waals surface area (Å²) in [6, 6.07) is 9.48. The van der Waals surface area contributed by atoms with Crippen LogP contribution in [-0.2, 0) is 27.6 Å². The Hall–Kier alpha value is -2.29. The number of nitrogens with one attached hydrogen (secondary N) is 1. The van der Waals surface area contributed by atoms with Gasteiger partial charge >= 0.3 is 0 Å². The highest BCUT2D eigenvalue weighted by atomic mass is 32.2. The summed E-state index contributed by atoms with van der Waals surface area (Å²) in [5, 5.41) is 2.91. The quantitative estimate of drug-likeness (QED) is 0.765. The van der Waals surface area contributed by atoms with Crippen LogP contribution in [0.25, 0.3) is 0 Å². The summed E-state index contributed by atoms with van der Waals surface area (Å²) in [6.45, 7) is 2.73. The third kappa shape index (κ3) is 4.66. The van der Waals surface area contributed by atoms with E-state index in [4.69, 9.17) is 4.74 Å². The second-order valence-electron chi connectivity index (χ2n) is 8.09. The van der Waals surface area contributed by atoms with Crippen molar-refractivity contribution >= 4 is 15.9 Å². The largest absolute Gasteiger partial charge is 0.379 e. The average molecular weight is 447 g/mol. The first-order valence-corrected chi connectivity index (χ1v) is 12.1. The number of amides is 1. The van der Waals surface area contributed by atoms with Crippen molar-refractivity contribution in [3.8, 4) is 0 Å². The van der Waals surface area contributed by atoms with Gasteiger partial charge in [0.05, 0.1) is 19.3 Å². The Morgan fingerprint density at radius 3 is 2.52 bits per heavy atom. The van der Waals surface area contributed by atoms with Crippen molar-refractivity contribution in [1.82, 2.24) is 9.62 Å². The molecule has 1 N–H and O–H groups in total. The molecule has 2 aromatic carbocycles. The molecule has 2 aromatic rings. The lowest BCUT2D eigenvalue weighted by molar-refractivity contribution is 0.0729. The van der Waals surface area contributed by atoms with Crippen LogP contribution in [0.5, 0.6) is 0 Å². The van der Waals surface area contributed by atoms with Gasteiger partial charge in [-0.3, -0.25) is 4.79 Å². The highest BCUT2D eigenvalue weighted by molar-refractivity contribution is 7.89. The van der Waals surface area contributed by atoms with Gasteiger partial charge in [0, 0.05) is 18.7 Å². The van der Waals surface area contributed by atoms with E-state index in [-0.39, 0.29) is 37.9 Å². The van der Waals surface area contributed by atoms with Crippen molar-refractivity contribution in [2.75, 3.05) is 26.3 Å². The van der Waals surface area contributed by atoms with Crippen LogP contribution in [0.4, 0.5) is 4.39 Å². The highest BCUT2D eigenvalue weighted by Gasteiger charge is 2.30. The van der Waals surface area contributed by atoms with Crippen LogP contribution in [0.3, 0.4) is 0 Å². The van der Waals surface area contributed by atoms with E-state index in [9.17, 15) is 17.6 Å². The van der Waals surface area contributed by atoms with Crippen LogP contribution >= 0.6 is 0 Å². The van der Waals surface area contributed by atoms with Crippen LogP contribution in [0, 0.1) is 5.82 Å². The van der Waals surface area contributed by atoms with Crippen molar-refractivity contribution in [2.45, 2.75) is 43.5 Å². The molecule has 1 saturated heterocycles. The van der Waals surface area contributed by atoms with Crippen molar-refractivity contribution in [1.29, 1.82) is 0 Å². The number of rotatable bonds is 5. The van der Waals surface area contributed by atoms with Gasteiger partial charge in [-0.15, -0.1) is 0 Å². The highest BCUT2D eigenvalue weighted by Crippen LogP contribution is 2.26. The summed E-state index contributed by atoms with van der Waals surface area (Å²) < 4.78 is 46.5. The van der Waals surface area contributed by atoms with Crippen molar-refractivity contribution in [3.05, 3.63) is 64.5 Å². The summed E-state index contributed by atoms with van der Waals surface area (Å²) in [6.07, 6.45) is 4.52. The van der Waals surface area contributed by atoms with Gasteiger partial charge in [0.1, 0.15) is 10.7 Å². The molecule has 0 saturated carbocycles. The zero-order valence-electron chi connectivity index (χ0n) is 17.6. The number of aryl methyl sites for hydroxylation is 2. The van der Waals surface area contributed by atoms with Gasteiger partial charge in [0.25, 0.3) is 5.91 Å². The van der Waals surface area contributed by atoms with E-state index < -0.39 is 26.6 Å². The molecule has 1 atom stereocenters. The molecule has 4 rings (SSSR count). The summed E-state index contributed by atoms with van der Waals surface area (Å²) >= 11 is 0. The number of ether oxygens (including phenoxy) is 1. The van der Waals surface area contributed by atoms with Crippen molar-refractivity contribution in [3.63, 3.8) is 0 Å². The lowest BCUT2D eigenvalue weighted by Crippen LogP contribution is -2.41. The third-order valence-electron chi connectivity index (χ3n) is 6.00. The Morgan fingerprint density at radius 1 is 1.06 bits per heavy atom. The van der Waals surface area contributed by atoms with Crippen LogP contribution < -0.4 is 5.32 Å². The average Bonchev–Trinajstić information content (AvgIpc) is 2.79. The predicted molar refractivity (Wildman–Crippen MR) is 115 cm³/mol. The van der Waals surface area contributed by atoms with E-state index in [1.807, 2.05) is 13.0 Å². The summed E-state index contributed by atoms with van der Waals surface area (Å²) in [4.78, 5) is 12.3. The van der Waals surface area contributed by atoms with E-state index in [2.05, 4.69) is 17.4 Å². The molecule has 1 aliphatic carbocycles. The fourth-order valence-electron chi connectivity index (χ4n) is 4.15. The fourth-order valence-corrected chi connectivity index (χ4v) is 5.65. The molecule has 0 radical (unpaired) electrons. The first kappa shape index (κ1) is 21.9. The molecular formula is C23H27FN2O4S. The van der Waals surface area contributed by atoms with E-state index in [0.717, 1.165) is 30.5 Å². The molecule has 1 heterocycles. The molecule has 0 bridgehead atoms. The summed E-state index contributed by atoms with van der Waals surface area (Å²) in [5.41, 5.74) is 3.80. The predicted octanol–water partition coefficient (Wildman–Crippen LogP) is 3.22. The first-order chi connectivity index (χ1) is 14.9. The third-order valence-corrected chi connectivity index (χ3v) is 7.92. The summed E-state index contributed by atoms with van der Waals surface area (Å²) in [7, 11) is -4.04. The van der Waals surface area contributed by atoms with E-state index >= 15 is 0 Å². The number of hydrogen-bond donors (Lipinski definition) is 1. The molecule has 8 heteroatoms. The van der Waals surface area contributed by atoms with Gasteiger partial charge in [0.2, 0.25) is 10.0 Å². The molecular weight excluding hydrogens is 419 g/mol. The molecule has 1 unspecified atom stereocenters. The summed E-state index contributed by atoms with van der Waals surface area (Å²) in [5.74, 6) is -1.31. The molecule has 0 spiro atoms. The number of fused-ring (bicyclic) bond motifs is 1. The Balaban J connectivity index is 1.53. The SMILES string of the molecule is CC(NC(=O)c1ccc(F)c(S(=O)(=O)N2CCOCC2)c1)c1ccc2c(c1)CCCC2. The van der Waals surface area contributed by atoms with Crippen LogP contribution in [0.15, 0.2) is 41.3 Å². The Morgan fingerprint density at radius 2 is 1.77 bits per heavy atom. The number of halogens is 1. The standard InChI is InChI=1S/C23H27FN2O4S/c1-16(18-7-6-17-4-2-3-5-19(17)14-18)25-23(27)20-8-9-21(24)22(15-20)31(28,29)26-10-12-30-13-11-26/h6-9,14-16H,2-5,10-13H2,1H3,(H,25,27). The molecule has 1 amide bonds. The molecule has 1 fully saturated rings. The smallest absolute Gasteiger partial charge is 0.251 e. The second-order valence-corrected chi connectivity index (χ2v) is 10.00. The van der Waals surface area contributed by atoms with Gasteiger partial charge in [-0.05, 0) is 67.5 Å².